The summed E-state index contributed by atoms with van der Waals surface area (Å²) in [6, 6.07) is 7.17. The summed E-state index contributed by atoms with van der Waals surface area (Å²) >= 11 is 3.53. The van der Waals surface area contributed by atoms with Crippen molar-refractivity contribution in [3.8, 4) is 0 Å². The lowest BCUT2D eigenvalue weighted by Crippen LogP contribution is -2.32. The zero-order valence-corrected chi connectivity index (χ0v) is 12.8. The predicted molar refractivity (Wildman–Crippen MR) is 79.7 cm³/mol. The molecule has 1 unspecified atom stereocenters. The van der Waals surface area contributed by atoms with Gasteiger partial charge in [0, 0.05) is 28.8 Å². The first kappa shape index (κ1) is 14.5. The van der Waals surface area contributed by atoms with E-state index in [1.54, 1.807) is 0 Å². The van der Waals surface area contributed by atoms with Crippen LogP contribution in [0.15, 0.2) is 22.7 Å². The zero-order chi connectivity index (χ0) is 13.0. The van der Waals surface area contributed by atoms with Gasteiger partial charge < -0.3 is 10.6 Å². The van der Waals surface area contributed by atoms with E-state index in [2.05, 4.69) is 66.7 Å². The summed E-state index contributed by atoms with van der Waals surface area (Å²) in [5.41, 5.74) is 8.56. The number of halogens is 1. The van der Waals surface area contributed by atoms with Crippen molar-refractivity contribution in [3.63, 3.8) is 0 Å². The molecule has 0 saturated carbocycles. The van der Waals surface area contributed by atoms with E-state index in [0.29, 0.717) is 6.04 Å². The first-order valence-corrected chi connectivity index (χ1v) is 7.05. The molecular weight excluding hydrogens is 276 g/mol. The third kappa shape index (κ3) is 4.00. The van der Waals surface area contributed by atoms with Crippen molar-refractivity contribution in [1.29, 1.82) is 0 Å². The van der Waals surface area contributed by atoms with Gasteiger partial charge in [-0.05, 0) is 57.9 Å². The molecule has 0 bridgehead atoms. The van der Waals surface area contributed by atoms with Gasteiger partial charge in [0.1, 0.15) is 0 Å². The number of nitrogens with two attached hydrogens (primary N) is 1. The van der Waals surface area contributed by atoms with Crippen LogP contribution in [0.5, 0.6) is 0 Å². The van der Waals surface area contributed by atoms with E-state index in [1.165, 1.54) is 11.3 Å². The average molecular weight is 299 g/mol. The maximum atomic E-state index is 5.93. The first-order chi connectivity index (χ1) is 7.95. The van der Waals surface area contributed by atoms with Gasteiger partial charge in [-0.1, -0.05) is 15.9 Å². The molecule has 0 aromatic heterocycles. The summed E-state index contributed by atoms with van der Waals surface area (Å²) in [5.74, 6) is 0. The molecule has 0 spiro atoms. The van der Waals surface area contributed by atoms with E-state index in [1.807, 2.05) is 0 Å². The molecule has 3 heteroatoms. The normalized spacial score (nSPS) is 12.9. The van der Waals surface area contributed by atoms with Gasteiger partial charge in [0.2, 0.25) is 0 Å². The van der Waals surface area contributed by atoms with Gasteiger partial charge in [0.15, 0.2) is 0 Å². The van der Waals surface area contributed by atoms with Crippen molar-refractivity contribution in [2.75, 3.05) is 11.4 Å². The third-order valence-electron chi connectivity index (χ3n) is 2.86. The maximum Gasteiger partial charge on any atom is 0.0402 e. The maximum absolute atomic E-state index is 5.93. The Balaban J connectivity index is 3.12. The molecule has 0 saturated heterocycles. The van der Waals surface area contributed by atoms with Crippen LogP contribution in [0.4, 0.5) is 5.69 Å². The van der Waals surface area contributed by atoms with Crippen molar-refractivity contribution >= 4 is 21.6 Å². The minimum absolute atomic E-state index is 0.189. The van der Waals surface area contributed by atoms with E-state index >= 15 is 0 Å². The van der Waals surface area contributed by atoms with Crippen molar-refractivity contribution < 1.29 is 0 Å². The molecule has 1 atom stereocenters. The first-order valence-electron chi connectivity index (χ1n) is 6.26. The van der Waals surface area contributed by atoms with Crippen LogP contribution in [-0.4, -0.2) is 18.6 Å². The second kappa shape index (κ2) is 6.41. The quantitative estimate of drug-likeness (QED) is 0.900. The lowest BCUT2D eigenvalue weighted by atomic mass is 10.0. The van der Waals surface area contributed by atoms with E-state index in [-0.39, 0.29) is 6.04 Å². The van der Waals surface area contributed by atoms with Crippen LogP contribution in [0, 0.1) is 0 Å². The Hall–Kier alpha value is -0.540. The van der Waals surface area contributed by atoms with Crippen molar-refractivity contribution in [2.24, 2.45) is 5.73 Å². The van der Waals surface area contributed by atoms with E-state index in [0.717, 1.165) is 17.4 Å². The molecule has 17 heavy (non-hydrogen) atoms. The monoisotopic (exact) mass is 298 g/mol. The summed E-state index contributed by atoms with van der Waals surface area (Å²) in [4.78, 5) is 2.41. The number of hydrogen-bond acceptors (Lipinski definition) is 2. The van der Waals surface area contributed by atoms with Gasteiger partial charge in [-0.25, -0.2) is 0 Å². The minimum Gasteiger partial charge on any atom is -0.369 e. The van der Waals surface area contributed by atoms with Gasteiger partial charge in [-0.2, -0.15) is 0 Å². The highest BCUT2D eigenvalue weighted by Gasteiger charge is 2.13. The molecule has 0 amide bonds. The van der Waals surface area contributed by atoms with Gasteiger partial charge in [0.05, 0.1) is 0 Å². The smallest absolute Gasteiger partial charge is 0.0402 e. The molecule has 0 aliphatic rings. The fourth-order valence-electron chi connectivity index (χ4n) is 2.16. The third-order valence-corrected chi connectivity index (χ3v) is 3.35. The fourth-order valence-corrected chi connectivity index (χ4v) is 2.57. The zero-order valence-electron chi connectivity index (χ0n) is 11.2. The second-order valence-electron chi connectivity index (χ2n) is 4.83. The number of hydrogen-bond donors (Lipinski definition) is 1. The van der Waals surface area contributed by atoms with Crippen LogP contribution in [0.2, 0.25) is 0 Å². The molecule has 0 fully saturated rings. The largest absolute Gasteiger partial charge is 0.369 e. The lowest BCUT2D eigenvalue weighted by Gasteiger charge is -2.30. The predicted octanol–water partition coefficient (Wildman–Crippen LogP) is 3.57. The highest BCUT2D eigenvalue weighted by atomic mass is 79.9. The Morgan fingerprint density at radius 2 is 1.94 bits per heavy atom. The Kier molecular flexibility index (Phi) is 5.47. The summed E-state index contributed by atoms with van der Waals surface area (Å²) in [7, 11) is 0. The molecule has 1 aromatic carbocycles. The summed E-state index contributed by atoms with van der Waals surface area (Å²) in [6.45, 7) is 9.71. The van der Waals surface area contributed by atoms with Crippen LogP contribution in [0.1, 0.15) is 33.3 Å². The van der Waals surface area contributed by atoms with Gasteiger partial charge in [0.25, 0.3) is 0 Å². The Labute approximate surface area is 113 Å². The average Bonchev–Trinajstić information content (AvgIpc) is 2.20. The Morgan fingerprint density at radius 1 is 1.29 bits per heavy atom. The highest BCUT2D eigenvalue weighted by molar-refractivity contribution is 9.10. The van der Waals surface area contributed by atoms with Crippen LogP contribution in [0.25, 0.3) is 0 Å². The number of anilines is 1. The van der Waals surface area contributed by atoms with E-state index in [4.69, 9.17) is 5.73 Å². The second-order valence-corrected chi connectivity index (χ2v) is 5.75. The number of benzene rings is 1. The molecule has 0 aliphatic carbocycles. The molecule has 0 radical (unpaired) electrons. The molecule has 2 nitrogen and oxygen atoms in total. The summed E-state index contributed by atoms with van der Waals surface area (Å²) in [5, 5.41) is 0. The number of nitrogens with zero attached hydrogens (tertiary/aromatic N) is 1. The molecule has 96 valence electrons. The van der Waals surface area contributed by atoms with Crippen molar-refractivity contribution in [1.82, 2.24) is 0 Å². The molecule has 2 N–H and O–H groups in total. The standard InChI is InChI=1S/C14H23BrN2/c1-5-17(10(2)3)14-7-6-13(15)9-12(14)8-11(4)16/h6-7,9-11H,5,8,16H2,1-4H3. The minimum atomic E-state index is 0.189. The molecule has 0 aliphatic heterocycles. The van der Waals surface area contributed by atoms with E-state index in [9.17, 15) is 0 Å². The summed E-state index contributed by atoms with van der Waals surface area (Å²) in [6.07, 6.45) is 0.915. The van der Waals surface area contributed by atoms with Crippen LogP contribution >= 0.6 is 15.9 Å². The topological polar surface area (TPSA) is 29.3 Å². The molecule has 1 aromatic rings. The number of rotatable bonds is 5. The summed E-state index contributed by atoms with van der Waals surface area (Å²) < 4.78 is 1.12. The SMILES string of the molecule is CCN(c1ccc(Br)cc1CC(C)N)C(C)C. The van der Waals surface area contributed by atoms with Gasteiger partial charge in [-0.3, -0.25) is 0 Å². The van der Waals surface area contributed by atoms with E-state index < -0.39 is 0 Å². The van der Waals surface area contributed by atoms with Crippen LogP contribution in [0.3, 0.4) is 0 Å². The fraction of sp³-hybridized carbons (Fsp3) is 0.571. The van der Waals surface area contributed by atoms with Crippen molar-refractivity contribution in [3.05, 3.63) is 28.2 Å². The molecular formula is C14H23BrN2. The van der Waals surface area contributed by atoms with Crippen molar-refractivity contribution in [2.45, 2.75) is 46.2 Å². The van der Waals surface area contributed by atoms with Gasteiger partial charge >= 0.3 is 0 Å². The van der Waals surface area contributed by atoms with Crippen LogP contribution in [-0.2, 0) is 6.42 Å². The Bertz CT molecular complexity index is 361. The molecule has 0 heterocycles. The van der Waals surface area contributed by atoms with Crippen LogP contribution < -0.4 is 10.6 Å². The van der Waals surface area contributed by atoms with Gasteiger partial charge in [-0.15, -0.1) is 0 Å². The lowest BCUT2D eigenvalue weighted by molar-refractivity contribution is 0.687. The molecule has 1 rings (SSSR count). The Morgan fingerprint density at radius 3 is 2.41 bits per heavy atom. The highest BCUT2D eigenvalue weighted by Crippen LogP contribution is 2.27.